The number of hydrogen-bond acceptors (Lipinski definition) is 5. The minimum atomic E-state index is -1.26. The van der Waals surface area contributed by atoms with E-state index in [9.17, 15) is 14.4 Å². The third kappa shape index (κ3) is 4.77. The number of carbonyl (C=O) groups is 3. The van der Waals surface area contributed by atoms with Crippen LogP contribution >= 0.6 is 0 Å². The van der Waals surface area contributed by atoms with Crippen LogP contribution in [0.2, 0.25) is 0 Å². The van der Waals surface area contributed by atoms with Gasteiger partial charge in [-0.3, -0.25) is 9.63 Å². The topological polar surface area (TPSA) is 114 Å². The molecule has 30 heavy (non-hydrogen) atoms. The van der Waals surface area contributed by atoms with Gasteiger partial charge >= 0.3 is 12.1 Å². The zero-order valence-corrected chi connectivity index (χ0v) is 16.0. The number of carboxylic acids is 1. The predicted molar refractivity (Wildman–Crippen MR) is 107 cm³/mol. The lowest BCUT2D eigenvalue weighted by molar-refractivity contribution is -0.149. The standard InChI is InChI=1S/C22H20N2O6/c1-2-7-19(21(27)24-30-13-20(25)26)23-22(28)29-12-18-16-10-5-3-8-14(16)15-9-4-6-11-17(15)18/h1,3-6,8-11,18-19H,7,12-13H2,(H,23,28)(H,24,27)(H,25,26). The molecule has 0 aromatic heterocycles. The van der Waals surface area contributed by atoms with Crippen LogP contribution in [-0.2, 0) is 19.2 Å². The Hall–Kier alpha value is -3.83. The molecule has 8 heteroatoms. The van der Waals surface area contributed by atoms with Crippen LogP contribution in [0.15, 0.2) is 48.5 Å². The molecule has 0 saturated heterocycles. The Balaban J connectivity index is 1.61. The summed E-state index contributed by atoms with van der Waals surface area (Å²) in [6, 6.07) is 14.7. The Morgan fingerprint density at radius 3 is 2.23 bits per heavy atom. The number of aliphatic carboxylic acids is 1. The van der Waals surface area contributed by atoms with E-state index < -0.39 is 30.6 Å². The zero-order chi connectivity index (χ0) is 21.5. The van der Waals surface area contributed by atoms with Gasteiger partial charge < -0.3 is 15.2 Å². The number of amides is 2. The van der Waals surface area contributed by atoms with E-state index in [1.165, 1.54) is 0 Å². The van der Waals surface area contributed by atoms with Crippen LogP contribution in [0.25, 0.3) is 11.1 Å². The van der Waals surface area contributed by atoms with Gasteiger partial charge in [-0.05, 0) is 22.3 Å². The smallest absolute Gasteiger partial charge is 0.407 e. The molecule has 0 radical (unpaired) electrons. The monoisotopic (exact) mass is 408 g/mol. The molecule has 1 aliphatic rings. The molecular formula is C22H20N2O6. The van der Waals surface area contributed by atoms with E-state index in [-0.39, 0.29) is 18.9 Å². The molecule has 2 aromatic carbocycles. The number of ether oxygens (including phenoxy) is 1. The lowest BCUT2D eigenvalue weighted by Crippen LogP contribution is -2.47. The minimum Gasteiger partial charge on any atom is -0.479 e. The number of nitrogens with one attached hydrogen (secondary N) is 2. The van der Waals surface area contributed by atoms with E-state index in [1.54, 1.807) is 0 Å². The van der Waals surface area contributed by atoms with E-state index in [0.29, 0.717) is 0 Å². The Bertz CT molecular complexity index is 952. The van der Waals surface area contributed by atoms with Gasteiger partial charge in [0.15, 0.2) is 6.61 Å². The molecule has 0 fully saturated rings. The summed E-state index contributed by atoms with van der Waals surface area (Å²) < 4.78 is 5.38. The third-order valence-corrected chi connectivity index (χ3v) is 4.64. The predicted octanol–water partition coefficient (Wildman–Crippen LogP) is 2.05. The van der Waals surface area contributed by atoms with Gasteiger partial charge in [0.05, 0.1) is 0 Å². The van der Waals surface area contributed by atoms with Crippen LogP contribution in [0, 0.1) is 12.3 Å². The van der Waals surface area contributed by atoms with E-state index in [0.717, 1.165) is 22.3 Å². The summed E-state index contributed by atoms with van der Waals surface area (Å²) in [5, 5.41) is 10.9. The summed E-state index contributed by atoms with van der Waals surface area (Å²) in [5.74, 6) is 0.119. The number of terminal acetylenes is 1. The Morgan fingerprint density at radius 1 is 1.07 bits per heavy atom. The number of carboxylic acid groups (broad SMARTS) is 1. The first-order valence-electron chi connectivity index (χ1n) is 9.19. The Kier molecular flexibility index (Phi) is 6.67. The van der Waals surface area contributed by atoms with Crippen LogP contribution in [0.1, 0.15) is 23.5 Å². The molecule has 1 aliphatic carbocycles. The zero-order valence-electron chi connectivity index (χ0n) is 16.0. The van der Waals surface area contributed by atoms with E-state index in [1.807, 2.05) is 54.0 Å². The number of fused-ring (bicyclic) bond motifs is 3. The second-order valence-electron chi connectivity index (χ2n) is 6.58. The lowest BCUT2D eigenvalue weighted by Gasteiger charge is -2.18. The SMILES string of the molecule is C#CCC(NC(=O)OCC1c2ccccc2-c2ccccc21)C(=O)NOCC(=O)O. The second-order valence-corrected chi connectivity index (χ2v) is 6.58. The maximum Gasteiger partial charge on any atom is 0.407 e. The molecule has 0 saturated carbocycles. The fourth-order valence-electron chi connectivity index (χ4n) is 3.35. The average molecular weight is 408 g/mol. The highest BCUT2D eigenvalue weighted by molar-refractivity contribution is 5.85. The number of rotatable bonds is 8. The van der Waals surface area contributed by atoms with Crippen molar-refractivity contribution >= 4 is 18.0 Å². The number of benzene rings is 2. The first-order valence-corrected chi connectivity index (χ1v) is 9.19. The van der Waals surface area contributed by atoms with Gasteiger partial charge in [-0.2, -0.15) is 0 Å². The molecule has 3 rings (SSSR count). The summed E-state index contributed by atoms with van der Waals surface area (Å²) in [5.41, 5.74) is 6.26. The van der Waals surface area contributed by atoms with Crippen LogP contribution < -0.4 is 10.8 Å². The first kappa shape index (κ1) is 20.9. The summed E-state index contributed by atoms with van der Waals surface area (Å²) in [6.07, 6.45) is 4.31. The van der Waals surface area contributed by atoms with Crippen LogP contribution in [0.4, 0.5) is 4.79 Å². The number of carbonyl (C=O) groups excluding carboxylic acids is 2. The molecule has 0 bridgehead atoms. The van der Waals surface area contributed by atoms with Crippen molar-refractivity contribution in [2.75, 3.05) is 13.2 Å². The molecule has 0 aliphatic heterocycles. The summed E-state index contributed by atoms with van der Waals surface area (Å²) in [7, 11) is 0. The Morgan fingerprint density at radius 2 is 1.67 bits per heavy atom. The third-order valence-electron chi connectivity index (χ3n) is 4.64. The maximum atomic E-state index is 12.3. The van der Waals surface area contributed by atoms with Crippen LogP contribution in [0.5, 0.6) is 0 Å². The van der Waals surface area contributed by atoms with Crippen molar-refractivity contribution in [1.29, 1.82) is 0 Å². The molecule has 3 N–H and O–H groups in total. The number of alkyl carbamates (subject to hydrolysis) is 1. The summed E-state index contributed by atoms with van der Waals surface area (Å²) in [6.45, 7) is -0.640. The summed E-state index contributed by atoms with van der Waals surface area (Å²) in [4.78, 5) is 39.3. The highest BCUT2D eigenvalue weighted by Gasteiger charge is 2.29. The highest BCUT2D eigenvalue weighted by atomic mass is 16.7. The van der Waals surface area contributed by atoms with Crippen molar-refractivity contribution in [2.45, 2.75) is 18.4 Å². The fraction of sp³-hybridized carbons (Fsp3) is 0.227. The van der Waals surface area contributed by atoms with Crippen molar-refractivity contribution in [1.82, 2.24) is 10.8 Å². The summed E-state index contributed by atoms with van der Waals surface area (Å²) >= 11 is 0. The molecule has 1 unspecified atom stereocenters. The van der Waals surface area contributed by atoms with Crippen LogP contribution in [-0.4, -0.2) is 42.3 Å². The van der Waals surface area contributed by atoms with Crippen LogP contribution in [0.3, 0.4) is 0 Å². The fourth-order valence-corrected chi connectivity index (χ4v) is 3.35. The van der Waals surface area contributed by atoms with Crippen molar-refractivity contribution < 1.29 is 29.1 Å². The van der Waals surface area contributed by atoms with Crippen molar-refractivity contribution in [3.63, 3.8) is 0 Å². The van der Waals surface area contributed by atoms with Gasteiger partial charge in [-0.15, -0.1) is 12.3 Å². The van der Waals surface area contributed by atoms with Gasteiger partial charge in [-0.25, -0.2) is 15.1 Å². The molecule has 0 heterocycles. The number of hydroxylamine groups is 1. The normalized spacial score (nSPS) is 12.8. The Labute approximate surface area is 173 Å². The van der Waals surface area contributed by atoms with E-state index in [2.05, 4.69) is 16.1 Å². The maximum absolute atomic E-state index is 12.3. The second kappa shape index (κ2) is 9.58. The molecule has 2 amide bonds. The minimum absolute atomic E-state index is 0.0831. The number of hydrogen-bond donors (Lipinski definition) is 3. The van der Waals surface area contributed by atoms with Gasteiger partial charge in [-0.1, -0.05) is 48.5 Å². The van der Waals surface area contributed by atoms with Gasteiger partial charge in [0.25, 0.3) is 5.91 Å². The highest BCUT2D eigenvalue weighted by Crippen LogP contribution is 2.44. The molecular weight excluding hydrogens is 388 g/mol. The van der Waals surface area contributed by atoms with Crippen molar-refractivity contribution in [3.05, 3.63) is 59.7 Å². The quantitative estimate of drug-likeness (QED) is 0.455. The van der Waals surface area contributed by atoms with Gasteiger partial charge in [0.2, 0.25) is 0 Å². The largest absolute Gasteiger partial charge is 0.479 e. The van der Waals surface area contributed by atoms with Crippen molar-refractivity contribution in [3.8, 4) is 23.5 Å². The van der Waals surface area contributed by atoms with Gasteiger partial charge in [0.1, 0.15) is 12.6 Å². The van der Waals surface area contributed by atoms with Crippen molar-refractivity contribution in [2.24, 2.45) is 0 Å². The molecule has 1 atom stereocenters. The molecule has 0 spiro atoms. The van der Waals surface area contributed by atoms with E-state index >= 15 is 0 Å². The lowest BCUT2D eigenvalue weighted by atomic mass is 9.98. The van der Waals surface area contributed by atoms with Gasteiger partial charge in [0, 0.05) is 12.3 Å². The molecule has 8 nitrogen and oxygen atoms in total. The first-order chi connectivity index (χ1) is 14.5. The molecule has 154 valence electrons. The van der Waals surface area contributed by atoms with E-state index in [4.69, 9.17) is 16.3 Å². The molecule has 2 aromatic rings. The average Bonchev–Trinajstić information content (AvgIpc) is 3.05.